The van der Waals surface area contributed by atoms with Crippen molar-refractivity contribution in [2.75, 3.05) is 11.9 Å². The first-order chi connectivity index (χ1) is 15.8. The Labute approximate surface area is 192 Å². The van der Waals surface area contributed by atoms with Gasteiger partial charge in [-0.15, -0.1) is 0 Å². The molecule has 33 heavy (non-hydrogen) atoms. The quantitative estimate of drug-likeness (QED) is 0.528. The van der Waals surface area contributed by atoms with E-state index in [0.29, 0.717) is 18.0 Å². The molecule has 2 N–H and O–H groups in total. The molecule has 9 heteroatoms. The lowest BCUT2D eigenvalue weighted by atomic mass is 10.1. The maximum Gasteiger partial charge on any atom is 0.240 e. The number of rotatable bonds is 8. The van der Waals surface area contributed by atoms with Gasteiger partial charge in [0.15, 0.2) is 0 Å². The predicted molar refractivity (Wildman–Crippen MR) is 122 cm³/mol. The summed E-state index contributed by atoms with van der Waals surface area (Å²) in [5.41, 5.74) is 1.48. The number of benzene rings is 2. The van der Waals surface area contributed by atoms with E-state index in [9.17, 15) is 18.0 Å². The van der Waals surface area contributed by atoms with E-state index in [1.807, 2.05) is 37.3 Å². The molecule has 8 nitrogen and oxygen atoms in total. The first-order valence-electron chi connectivity index (χ1n) is 10.6. The number of carbonyl (C=O) groups excluding carboxylic acids is 2. The second-order valence-electron chi connectivity index (χ2n) is 7.95. The Kier molecular flexibility index (Phi) is 6.62. The lowest BCUT2D eigenvalue weighted by molar-refractivity contribution is -0.129. The highest BCUT2D eigenvalue weighted by Crippen LogP contribution is 2.29. The number of hydrogen-bond acceptors (Lipinski definition) is 5. The molecule has 1 saturated heterocycles. The van der Waals surface area contributed by atoms with Crippen LogP contribution in [0.3, 0.4) is 0 Å². The van der Waals surface area contributed by atoms with Crippen molar-refractivity contribution < 1.29 is 22.4 Å². The Morgan fingerprint density at radius 1 is 1.09 bits per heavy atom. The first kappa shape index (κ1) is 22.8. The molecule has 1 aromatic heterocycles. The first-order valence-corrected chi connectivity index (χ1v) is 12.1. The third-order valence-electron chi connectivity index (χ3n) is 5.73. The summed E-state index contributed by atoms with van der Waals surface area (Å²) in [7, 11) is -3.72. The fourth-order valence-corrected chi connectivity index (χ4v) is 4.81. The summed E-state index contributed by atoms with van der Waals surface area (Å²) in [6.45, 7) is 2.33. The van der Waals surface area contributed by atoms with Gasteiger partial charge < -0.3 is 14.6 Å². The van der Waals surface area contributed by atoms with E-state index in [0.717, 1.165) is 5.56 Å². The number of amides is 2. The van der Waals surface area contributed by atoms with Gasteiger partial charge in [0.05, 0.1) is 29.7 Å². The van der Waals surface area contributed by atoms with Gasteiger partial charge in [-0.05, 0) is 48.9 Å². The van der Waals surface area contributed by atoms with Crippen LogP contribution in [0.5, 0.6) is 0 Å². The number of sulfonamides is 1. The number of carbonyl (C=O) groups is 2. The van der Waals surface area contributed by atoms with E-state index in [1.54, 1.807) is 17.0 Å². The van der Waals surface area contributed by atoms with E-state index in [2.05, 4.69) is 10.0 Å². The zero-order chi connectivity index (χ0) is 23.4. The maximum atomic E-state index is 12.7. The minimum absolute atomic E-state index is 0.0431. The smallest absolute Gasteiger partial charge is 0.240 e. The zero-order valence-corrected chi connectivity index (χ0v) is 18.9. The maximum absolute atomic E-state index is 12.7. The minimum atomic E-state index is -3.72. The summed E-state index contributed by atoms with van der Waals surface area (Å²) in [6.07, 6.45) is 1.62. The van der Waals surface area contributed by atoms with Gasteiger partial charge in [-0.2, -0.15) is 0 Å². The largest absolute Gasteiger partial charge is 0.468 e. The summed E-state index contributed by atoms with van der Waals surface area (Å²) < 4.78 is 32.5. The van der Waals surface area contributed by atoms with Crippen molar-refractivity contribution in [2.45, 2.75) is 30.8 Å². The average molecular weight is 468 g/mol. The van der Waals surface area contributed by atoms with Crippen molar-refractivity contribution in [1.29, 1.82) is 0 Å². The number of hydrogen-bond donors (Lipinski definition) is 2. The number of furan rings is 1. The van der Waals surface area contributed by atoms with Crippen LogP contribution in [0.2, 0.25) is 0 Å². The fraction of sp³-hybridized carbons (Fsp3) is 0.250. The molecule has 2 heterocycles. The summed E-state index contributed by atoms with van der Waals surface area (Å²) in [5.74, 6) is -0.292. The summed E-state index contributed by atoms with van der Waals surface area (Å²) in [6, 6.07) is 18.8. The van der Waals surface area contributed by atoms with Gasteiger partial charge in [-0.3, -0.25) is 9.59 Å². The van der Waals surface area contributed by atoms with Crippen molar-refractivity contribution in [3.63, 3.8) is 0 Å². The molecular formula is C24H25N3O5S. The topological polar surface area (TPSA) is 109 Å². The van der Waals surface area contributed by atoms with Crippen molar-refractivity contribution in [1.82, 2.24) is 9.62 Å². The molecule has 0 bridgehead atoms. The highest BCUT2D eigenvalue weighted by molar-refractivity contribution is 7.89. The molecule has 1 fully saturated rings. The zero-order valence-electron chi connectivity index (χ0n) is 18.1. The molecule has 4 rings (SSSR count). The molecular weight excluding hydrogens is 442 g/mol. The van der Waals surface area contributed by atoms with Crippen LogP contribution in [-0.2, 0) is 26.2 Å². The Balaban J connectivity index is 1.35. The van der Waals surface area contributed by atoms with Crippen molar-refractivity contribution >= 4 is 27.5 Å². The van der Waals surface area contributed by atoms with Crippen LogP contribution in [0.25, 0.3) is 0 Å². The molecule has 2 aromatic carbocycles. The Morgan fingerprint density at radius 2 is 1.82 bits per heavy atom. The van der Waals surface area contributed by atoms with E-state index in [4.69, 9.17) is 4.42 Å². The molecule has 2 atom stereocenters. The fourth-order valence-electron chi connectivity index (χ4n) is 3.82. The highest BCUT2D eigenvalue weighted by atomic mass is 32.2. The molecule has 2 amide bonds. The van der Waals surface area contributed by atoms with Crippen LogP contribution in [0.4, 0.5) is 5.69 Å². The number of nitrogens with zero attached hydrogens (tertiary/aromatic N) is 1. The molecule has 0 saturated carbocycles. The number of anilines is 1. The molecule has 3 aromatic rings. The molecule has 1 aliphatic heterocycles. The second-order valence-corrected chi connectivity index (χ2v) is 9.72. The van der Waals surface area contributed by atoms with Gasteiger partial charge in [0, 0.05) is 18.7 Å². The Morgan fingerprint density at radius 3 is 2.48 bits per heavy atom. The molecule has 0 radical (unpaired) electrons. The van der Waals surface area contributed by atoms with Gasteiger partial charge in [0.2, 0.25) is 21.8 Å². The van der Waals surface area contributed by atoms with Gasteiger partial charge in [0.25, 0.3) is 0 Å². The average Bonchev–Trinajstić information content (AvgIpc) is 3.48. The van der Waals surface area contributed by atoms with Crippen LogP contribution in [0, 0.1) is 5.92 Å². The van der Waals surface area contributed by atoms with E-state index in [1.165, 1.54) is 30.5 Å². The standard InChI is InChI=1S/C24H25N3O5S/c1-17(18-6-3-2-4-7-18)27-16-19(14-23(27)28)24(29)26-20-9-11-22(12-10-20)33(30,31)25-15-21-8-5-13-32-21/h2-13,17,19,25H,14-16H2,1H3,(H,26,29)/t17-,19+/m1/s1. The summed E-state index contributed by atoms with van der Waals surface area (Å²) >= 11 is 0. The van der Waals surface area contributed by atoms with Gasteiger partial charge in [-0.1, -0.05) is 30.3 Å². The van der Waals surface area contributed by atoms with Crippen molar-refractivity contribution in [2.24, 2.45) is 5.92 Å². The molecule has 1 aliphatic rings. The number of nitrogens with one attached hydrogen (secondary N) is 2. The second kappa shape index (κ2) is 9.60. The SMILES string of the molecule is C[C@H](c1ccccc1)N1C[C@@H](C(=O)Nc2ccc(S(=O)(=O)NCc3ccco3)cc2)CC1=O. The number of likely N-dealkylation sites (tertiary alicyclic amines) is 1. The van der Waals surface area contributed by atoms with Gasteiger partial charge in [-0.25, -0.2) is 13.1 Å². The summed E-state index contributed by atoms with van der Waals surface area (Å²) in [5, 5.41) is 2.79. The van der Waals surface area contributed by atoms with Gasteiger partial charge >= 0.3 is 0 Å². The summed E-state index contributed by atoms with van der Waals surface area (Å²) in [4.78, 5) is 27.1. The molecule has 0 unspecified atom stereocenters. The minimum Gasteiger partial charge on any atom is -0.468 e. The van der Waals surface area contributed by atoms with Crippen molar-refractivity contribution in [3.8, 4) is 0 Å². The van der Waals surface area contributed by atoms with Crippen molar-refractivity contribution in [3.05, 3.63) is 84.3 Å². The normalized spacial score (nSPS) is 17.2. The van der Waals surface area contributed by atoms with Gasteiger partial charge in [0.1, 0.15) is 5.76 Å². The Hall–Kier alpha value is -3.43. The lowest BCUT2D eigenvalue weighted by Crippen LogP contribution is -2.30. The van der Waals surface area contributed by atoms with Crippen LogP contribution >= 0.6 is 0 Å². The van der Waals surface area contributed by atoms with E-state index in [-0.39, 0.29) is 35.7 Å². The third kappa shape index (κ3) is 5.32. The van der Waals surface area contributed by atoms with Crippen LogP contribution < -0.4 is 10.0 Å². The Bertz CT molecular complexity index is 1210. The van der Waals surface area contributed by atoms with E-state index >= 15 is 0 Å². The van der Waals surface area contributed by atoms with Crippen LogP contribution in [0.1, 0.15) is 30.7 Å². The highest BCUT2D eigenvalue weighted by Gasteiger charge is 2.37. The third-order valence-corrected chi connectivity index (χ3v) is 7.14. The predicted octanol–water partition coefficient (Wildman–Crippen LogP) is 3.31. The lowest BCUT2D eigenvalue weighted by Gasteiger charge is -2.25. The molecule has 172 valence electrons. The molecule has 0 spiro atoms. The van der Waals surface area contributed by atoms with E-state index < -0.39 is 15.9 Å². The monoisotopic (exact) mass is 467 g/mol. The van der Waals surface area contributed by atoms with Crippen LogP contribution in [-0.4, -0.2) is 31.7 Å². The van der Waals surface area contributed by atoms with Crippen LogP contribution in [0.15, 0.2) is 82.3 Å². The molecule has 0 aliphatic carbocycles.